The van der Waals surface area contributed by atoms with Crippen molar-refractivity contribution in [2.45, 2.75) is 38.9 Å². The van der Waals surface area contributed by atoms with Crippen molar-refractivity contribution in [1.82, 2.24) is 14.8 Å². The van der Waals surface area contributed by atoms with Crippen molar-refractivity contribution in [3.05, 3.63) is 63.4 Å². The summed E-state index contributed by atoms with van der Waals surface area (Å²) in [6.07, 6.45) is -3.40. The molecule has 2 amide bonds. The molecule has 230 valence electrons. The smallest absolute Gasteiger partial charge is 0.367 e. The predicted molar refractivity (Wildman–Crippen MR) is 151 cm³/mol. The maximum Gasteiger partial charge on any atom is 0.417 e. The summed E-state index contributed by atoms with van der Waals surface area (Å²) in [5.41, 5.74) is -3.64. The second kappa shape index (κ2) is 11.8. The van der Waals surface area contributed by atoms with E-state index in [4.69, 9.17) is 0 Å². The van der Waals surface area contributed by atoms with Crippen molar-refractivity contribution >= 4 is 34.5 Å². The van der Waals surface area contributed by atoms with E-state index >= 15 is 8.78 Å². The van der Waals surface area contributed by atoms with Crippen molar-refractivity contribution in [3.8, 4) is 10.6 Å². The van der Waals surface area contributed by atoms with Gasteiger partial charge in [-0.1, -0.05) is 0 Å². The molecule has 1 aromatic heterocycles. The average Bonchev–Trinajstić information content (AvgIpc) is 3.61. The van der Waals surface area contributed by atoms with Crippen LogP contribution < -0.4 is 10.2 Å². The first kappa shape index (κ1) is 30.8. The molecule has 0 aliphatic carbocycles. The minimum atomic E-state index is -5.08. The number of aryl methyl sites for hydroxylation is 1. The van der Waals surface area contributed by atoms with Crippen LogP contribution in [0.25, 0.3) is 10.6 Å². The maximum atomic E-state index is 16.4. The number of benzene rings is 2. The summed E-state index contributed by atoms with van der Waals surface area (Å²) in [5.74, 6) is -5.17. The zero-order valence-corrected chi connectivity index (χ0v) is 24.4. The van der Waals surface area contributed by atoms with Crippen molar-refractivity contribution < 1.29 is 35.9 Å². The van der Waals surface area contributed by atoms with Gasteiger partial charge in [0.05, 0.1) is 22.4 Å². The van der Waals surface area contributed by atoms with Crippen LogP contribution in [0.5, 0.6) is 0 Å². The van der Waals surface area contributed by atoms with Crippen LogP contribution in [0.4, 0.5) is 37.7 Å². The Bertz CT molecular complexity index is 1570. The molecule has 0 saturated carbocycles. The number of hydrogen-bond acceptors (Lipinski definition) is 6. The van der Waals surface area contributed by atoms with Crippen molar-refractivity contribution in [1.29, 1.82) is 0 Å². The van der Waals surface area contributed by atoms with E-state index in [1.54, 1.807) is 16.7 Å². The zero-order valence-electron chi connectivity index (χ0n) is 23.6. The molecule has 5 rings (SSSR count). The Balaban J connectivity index is 1.61. The molecule has 43 heavy (non-hydrogen) atoms. The number of hydrogen-bond donors (Lipinski definition) is 1. The summed E-state index contributed by atoms with van der Waals surface area (Å²) in [6.45, 7) is 5.75. The Kier molecular flexibility index (Phi) is 8.45. The molecule has 0 radical (unpaired) electrons. The minimum Gasteiger partial charge on any atom is -0.367 e. The summed E-state index contributed by atoms with van der Waals surface area (Å²) in [4.78, 5) is 36.2. The van der Waals surface area contributed by atoms with Gasteiger partial charge in [0.1, 0.15) is 28.0 Å². The van der Waals surface area contributed by atoms with Gasteiger partial charge in [-0.2, -0.15) is 13.2 Å². The van der Waals surface area contributed by atoms with Crippen LogP contribution in [0, 0.1) is 24.4 Å². The molecule has 0 spiro atoms. The number of piperazine rings is 1. The van der Waals surface area contributed by atoms with Crippen molar-refractivity contribution in [3.63, 3.8) is 0 Å². The Labute approximate surface area is 248 Å². The third-order valence-corrected chi connectivity index (χ3v) is 8.86. The summed E-state index contributed by atoms with van der Waals surface area (Å²) >= 11 is 0.894. The fourth-order valence-corrected chi connectivity index (χ4v) is 6.29. The number of carbonyl (C=O) groups is 2. The first-order valence-corrected chi connectivity index (χ1v) is 14.5. The lowest BCUT2D eigenvalue weighted by Gasteiger charge is -2.39. The number of likely N-dealkylation sites (N-methyl/N-ethyl adjacent to an activating group) is 1. The SMILES string of the molecule is Cc1sc(-c2c(F)cc(N3CCN(C)[C@@H](C)C3)c(NC(=O)c3ccc(F)cc3C(F)(F)F)c2F)nc1C(=O)N1CCCC1. The summed E-state index contributed by atoms with van der Waals surface area (Å²) in [5, 5.41) is 2.07. The second-order valence-electron chi connectivity index (χ2n) is 10.8. The number of anilines is 2. The number of carbonyl (C=O) groups excluding carboxylic acids is 2. The van der Waals surface area contributed by atoms with Gasteiger partial charge in [-0.25, -0.2) is 18.2 Å². The molecule has 3 aromatic rings. The lowest BCUT2D eigenvalue weighted by molar-refractivity contribution is -0.138. The molecule has 3 heterocycles. The van der Waals surface area contributed by atoms with E-state index in [9.17, 15) is 27.2 Å². The molecule has 1 atom stereocenters. The highest BCUT2D eigenvalue weighted by molar-refractivity contribution is 7.15. The van der Waals surface area contributed by atoms with Gasteiger partial charge in [-0.05, 0) is 51.9 Å². The molecule has 0 unspecified atom stereocenters. The molecule has 2 aliphatic rings. The Morgan fingerprint density at radius 1 is 1.05 bits per heavy atom. The van der Waals surface area contributed by atoms with Gasteiger partial charge in [-0.3, -0.25) is 9.59 Å². The fourth-order valence-electron chi connectivity index (χ4n) is 5.34. The lowest BCUT2D eigenvalue weighted by Crippen LogP contribution is -2.50. The van der Waals surface area contributed by atoms with Crippen LogP contribution in [-0.4, -0.2) is 72.4 Å². The van der Waals surface area contributed by atoms with Crippen LogP contribution in [0.15, 0.2) is 24.3 Å². The van der Waals surface area contributed by atoms with Crippen LogP contribution in [0.2, 0.25) is 0 Å². The average molecular weight is 626 g/mol. The Morgan fingerprint density at radius 3 is 2.40 bits per heavy atom. The second-order valence-corrected chi connectivity index (χ2v) is 12.0. The van der Waals surface area contributed by atoms with E-state index in [2.05, 4.69) is 10.3 Å². The third-order valence-electron chi connectivity index (χ3n) is 7.87. The van der Waals surface area contributed by atoms with Gasteiger partial charge in [0, 0.05) is 49.7 Å². The third kappa shape index (κ3) is 6.07. The van der Waals surface area contributed by atoms with Gasteiger partial charge in [-0.15, -0.1) is 11.3 Å². The molecule has 7 nitrogen and oxygen atoms in total. The number of thiazole rings is 1. The van der Waals surface area contributed by atoms with Gasteiger partial charge >= 0.3 is 6.18 Å². The fraction of sp³-hybridized carbons (Fsp3) is 0.414. The topological polar surface area (TPSA) is 68.8 Å². The maximum absolute atomic E-state index is 16.4. The van der Waals surface area contributed by atoms with E-state index in [0.717, 1.165) is 30.2 Å². The molecule has 2 saturated heterocycles. The summed E-state index contributed by atoms with van der Waals surface area (Å²) in [6, 6.07) is 2.50. The number of nitrogens with zero attached hydrogens (tertiary/aromatic N) is 4. The highest BCUT2D eigenvalue weighted by Crippen LogP contribution is 2.41. The van der Waals surface area contributed by atoms with E-state index in [0.29, 0.717) is 49.7 Å². The lowest BCUT2D eigenvalue weighted by atomic mass is 10.0. The normalized spacial score (nSPS) is 17.9. The highest BCUT2D eigenvalue weighted by Gasteiger charge is 2.37. The molecule has 2 fully saturated rings. The largest absolute Gasteiger partial charge is 0.417 e. The number of nitrogens with one attached hydrogen (secondary N) is 1. The first-order valence-electron chi connectivity index (χ1n) is 13.7. The summed E-state index contributed by atoms with van der Waals surface area (Å²) in [7, 11) is 1.88. The molecule has 2 aliphatic heterocycles. The number of likely N-dealkylation sites (tertiary alicyclic amines) is 1. The monoisotopic (exact) mass is 625 g/mol. The molecule has 14 heteroatoms. The van der Waals surface area contributed by atoms with Crippen LogP contribution in [-0.2, 0) is 6.18 Å². The van der Waals surface area contributed by atoms with E-state index < -0.39 is 51.9 Å². The molecular weight excluding hydrogens is 596 g/mol. The van der Waals surface area contributed by atoms with Crippen LogP contribution in [0.1, 0.15) is 51.1 Å². The number of amides is 2. The quantitative estimate of drug-likeness (QED) is 0.343. The van der Waals surface area contributed by atoms with Gasteiger partial charge < -0.3 is 20.0 Å². The van der Waals surface area contributed by atoms with Gasteiger partial charge in [0.25, 0.3) is 11.8 Å². The number of aromatic nitrogens is 1. The van der Waals surface area contributed by atoms with Crippen molar-refractivity contribution in [2.75, 3.05) is 50.0 Å². The molecular formula is C29H29F6N5O2S. The standard InChI is InChI=1S/C29H29F6N5O2S/c1-15-14-40(11-10-38(15)3)21-13-20(31)22(27-37-24(16(2)43-27)28(42)39-8-4-5-9-39)23(32)25(21)36-26(41)18-7-6-17(30)12-19(18)29(33,34)35/h6-7,12-13,15H,4-5,8-11,14H2,1-3H3,(H,36,41)/t15-/m0/s1. The predicted octanol–water partition coefficient (Wildman–Crippen LogP) is 6.18. The summed E-state index contributed by atoms with van der Waals surface area (Å²) < 4.78 is 87.0. The van der Waals surface area contributed by atoms with Crippen LogP contribution >= 0.6 is 11.3 Å². The highest BCUT2D eigenvalue weighted by atomic mass is 32.1. The Morgan fingerprint density at radius 2 is 1.74 bits per heavy atom. The molecule has 0 bridgehead atoms. The van der Waals surface area contributed by atoms with E-state index in [1.807, 2.05) is 18.9 Å². The Hall–Kier alpha value is -3.65. The number of alkyl halides is 3. The number of halogens is 6. The van der Waals surface area contributed by atoms with E-state index in [-0.39, 0.29) is 34.4 Å². The number of rotatable bonds is 5. The van der Waals surface area contributed by atoms with Crippen molar-refractivity contribution in [2.24, 2.45) is 0 Å². The van der Waals surface area contributed by atoms with Gasteiger partial charge in [0.15, 0.2) is 5.82 Å². The van der Waals surface area contributed by atoms with Crippen LogP contribution in [0.3, 0.4) is 0 Å². The molecule has 1 N–H and O–H groups in total. The van der Waals surface area contributed by atoms with Gasteiger partial charge in [0.2, 0.25) is 0 Å². The minimum absolute atomic E-state index is 0.0437. The van der Waals surface area contributed by atoms with E-state index in [1.165, 1.54) is 0 Å². The first-order chi connectivity index (χ1) is 20.3. The zero-order chi connectivity index (χ0) is 31.2. The molecule has 2 aromatic carbocycles.